The van der Waals surface area contributed by atoms with Crippen molar-refractivity contribution in [2.24, 2.45) is 0 Å². The molecule has 0 aliphatic carbocycles. The number of carbonyl (C=O) groups excluding carboxylic acids is 1. The first-order valence-corrected chi connectivity index (χ1v) is 11.1. The molecule has 0 N–H and O–H groups in total. The van der Waals surface area contributed by atoms with Crippen LogP contribution in [-0.2, 0) is 9.53 Å². The van der Waals surface area contributed by atoms with E-state index in [9.17, 15) is 4.79 Å². The SMILES string of the molecule is CCOC(=O)/C=C/C[P+](c1ccccc1)(c1ccccc1)c1ccccc1. The van der Waals surface area contributed by atoms with Crippen LogP contribution in [0.25, 0.3) is 0 Å². The normalized spacial score (nSPS) is 11.4. The van der Waals surface area contributed by atoms with Crippen LogP contribution >= 0.6 is 7.26 Å². The quantitative estimate of drug-likeness (QED) is 0.353. The Morgan fingerprint density at radius 3 is 1.56 bits per heavy atom. The summed E-state index contributed by atoms with van der Waals surface area (Å²) < 4.78 is 5.06. The Balaban J connectivity index is 2.15. The number of carbonyl (C=O) groups is 1. The molecule has 0 spiro atoms. The Labute approximate surface area is 161 Å². The zero-order valence-electron chi connectivity index (χ0n) is 15.5. The minimum absolute atomic E-state index is 0.287. The molecular weight excluding hydrogens is 351 g/mol. The maximum atomic E-state index is 11.8. The van der Waals surface area contributed by atoms with Gasteiger partial charge in [-0.25, -0.2) is 4.79 Å². The molecule has 136 valence electrons. The Bertz CT molecular complexity index is 777. The molecule has 0 unspecified atom stereocenters. The molecule has 0 saturated heterocycles. The lowest BCUT2D eigenvalue weighted by atomic mass is 10.4. The van der Waals surface area contributed by atoms with Gasteiger partial charge >= 0.3 is 5.97 Å². The van der Waals surface area contributed by atoms with Crippen LogP contribution in [0.2, 0.25) is 0 Å². The fourth-order valence-electron chi connectivity index (χ4n) is 3.31. The van der Waals surface area contributed by atoms with Crippen molar-refractivity contribution in [2.45, 2.75) is 6.92 Å². The van der Waals surface area contributed by atoms with Crippen molar-refractivity contribution in [3.05, 3.63) is 103 Å². The fourth-order valence-corrected chi connectivity index (χ4v) is 7.30. The minimum Gasteiger partial charge on any atom is -0.463 e. The summed E-state index contributed by atoms with van der Waals surface area (Å²) in [7, 11) is -1.92. The Kier molecular flexibility index (Phi) is 6.57. The molecule has 0 aromatic heterocycles. The van der Waals surface area contributed by atoms with E-state index in [4.69, 9.17) is 4.74 Å². The number of benzene rings is 3. The first-order chi connectivity index (χ1) is 13.3. The summed E-state index contributed by atoms with van der Waals surface area (Å²) >= 11 is 0. The average molecular weight is 375 g/mol. The van der Waals surface area contributed by atoms with E-state index in [-0.39, 0.29) is 5.97 Å². The number of rotatable bonds is 7. The van der Waals surface area contributed by atoms with Crippen LogP contribution in [0.5, 0.6) is 0 Å². The monoisotopic (exact) mass is 375 g/mol. The van der Waals surface area contributed by atoms with Gasteiger partial charge in [-0.2, -0.15) is 0 Å². The molecule has 0 saturated carbocycles. The van der Waals surface area contributed by atoms with E-state index < -0.39 is 7.26 Å². The van der Waals surface area contributed by atoms with Crippen molar-refractivity contribution in [3.8, 4) is 0 Å². The smallest absolute Gasteiger partial charge is 0.330 e. The second-order valence-electron chi connectivity index (χ2n) is 6.15. The van der Waals surface area contributed by atoms with Gasteiger partial charge < -0.3 is 4.74 Å². The van der Waals surface area contributed by atoms with Crippen molar-refractivity contribution >= 4 is 29.1 Å². The van der Waals surface area contributed by atoms with Gasteiger partial charge in [-0.05, 0) is 49.4 Å². The second kappa shape index (κ2) is 9.30. The van der Waals surface area contributed by atoms with E-state index in [0.717, 1.165) is 6.16 Å². The molecule has 0 atom stereocenters. The maximum absolute atomic E-state index is 11.8. The Hall–Kier alpha value is -2.70. The predicted octanol–water partition coefficient (Wildman–Crippen LogP) is 4.10. The van der Waals surface area contributed by atoms with E-state index in [1.54, 1.807) is 6.08 Å². The number of ether oxygens (including phenoxy) is 1. The summed E-state index contributed by atoms with van der Waals surface area (Å²) in [4.78, 5) is 11.8. The third-order valence-electron chi connectivity index (χ3n) is 4.51. The molecule has 0 heterocycles. The average Bonchev–Trinajstić information content (AvgIpc) is 2.73. The molecule has 0 radical (unpaired) electrons. The van der Waals surface area contributed by atoms with Crippen molar-refractivity contribution in [3.63, 3.8) is 0 Å². The Morgan fingerprint density at radius 2 is 1.19 bits per heavy atom. The maximum Gasteiger partial charge on any atom is 0.330 e. The number of esters is 1. The molecule has 27 heavy (non-hydrogen) atoms. The van der Waals surface area contributed by atoms with Gasteiger partial charge in [0, 0.05) is 6.08 Å². The van der Waals surface area contributed by atoms with Crippen LogP contribution in [-0.4, -0.2) is 18.7 Å². The molecule has 0 bridgehead atoms. The molecule has 0 aliphatic rings. The van der Waals surface area contributed by atoms with Gasteiger partial charge in [0.15, 0.2) is 0 Å². The molecule has 3 rings (SSSR count). The Morgan fingerprint density at radius 1 is 0.778 bits per heavy atom. The van der Waals surface area contributed by atoms with Crippen LogP contribution in [0.15, 0.2) is 103 Å². The van der Waals surface area contributed by atoms with Gasteiger partial charge in [-0.15, -0.1) is 0 Å². The first-order valence-electron chi connectivity index (χ1n) is 9.15. The van der Waals surface area contributed by atoms with Gasteiger partial charge in [0.05, 0.1) is 12.8 Å². The molecule has 3 aromatic rings. The lowest BCUT2D eigenvalue weighted by Gasteiger charge is -2.26. The summed E-state index contributed by atoms with van der Waals surface area (Å²) in [6.07, 6.45) is 4.30. The molecular formula is C24H24O2P+. The van der Waals surface area contributed by atoms with Gasteiger partial charge in [0.25, 0.3) is 0 Å². The zero-order chi connectivity index (χ0) is 19.0. The summed E-state index contributed by atoms with van der Waals surface area (Å²) in [6.45, 7) is 2.21. The summed E-state index contributed by atoms with van der Waals surface area (Å²) in [6, 6.07) is 31.9. The highest BCUT2D eigenvalue weighted by atomic mass is 31.2. The van der Waals surface area contributed by atoms with Gasteiger partial charge in [0.1, 0.15) is 23.2 Å². The number of allylic oxidation sites excluding steroid dienone is 1. The minimum atomic E-state index is -1.92. The van der Waals surface area contributed by atoms with Gasteiger partial charge in [0.2, 0.25) is 0 Å². The highest BCUT2D eigenvalue weighted by molar-refractivity contribution is 7.95. The lowest BCUT2D eigenvalue weighted by molar-refractivity contribution is -0.137. The van der Waals surface area contributed by atoms with Crippen LogP contribution in [0.4, 0.5) is 0 Å². The van der Waals surface area contributed by atoms with Crippen LogP contribution in [0, 0.1) is 0 Å². The van der Waals surface area contributed by atoms with E-state index >= 15 is 0 Å². The highest BCUT2D eigenvalue weighted by Gasteiger charge is 2.44. The predicted molar refractivity (Wildman–Crippen MR) is 116 cm³/mol. The van der Waals surface area contributed by atoms with Crippen LogP contribution < -0.4 is 15.9 Å². The highest BCUT2D eigenvalue weighted by Crippen LogP contribution is 2.55. The van der Waals surface area contributed by atoms with Crippen molar-refractivity contribution in [1.29, 1.82) is 0 Å². The third kappa shape index (κ3) is 4.35. The third-order valence-corrected chi connectivity index (χ3v) is 8.81. The standard InChI is InChI=1S/C24H24O2P/c1-2-26-24(25)19-12-20-27(21-13-6-3-7-14-21,22-15-8-4-9-16-22)23-17-10-5-11-18-23/h3-19H,2,20H2,1H3/q+1/b19-12+. The van der Waals surface area contributed by atoms with Crippen molar-refractivity contribution in [2.75, 3.05) is 12.8 Å². The van der Waals surface area contributed by atoms with Gasteiger partial charge in [-0.3, -0.25) is 0 Å². The molecule has 3 aromatic carbocycles. The zero-order valence-corrected chi connectivity index (χ0v) is 16.4. The second-order valence-corrected chi connectivity index (χ2v) is 9.69. The summed E-state index contributed by atoms with van der Waals surface area (Å²) in [5.41, 5.74) is 0. The van der Waals surface area contributed by atoms with Crippen molar-refractivity contribution < 1.29 is 9.53 Å². The van der Waals surface area contributed by atoms with Crippen molar-refractivity contribution in [1.82, 2.24) is 0 Å². The molecule has 0 fully saturated rings. The molecule has 2 nitrogen and oxygen atoms in total. The first kappa shape index (κ1) is 19.1. The number of hydrogen-bond acceptors (Lipinski definition) is 2. The molecule has 0 amide bonds. The van der Waals surface area contributed by atoms with E-state index in [0.29, 0.717) is 6.61 Å². The van der Waals surface area contributed by atoms with Gasteiger partial charge in [-0.1, -0.05) is 54.6 Å². The lowest BCUT2D eigenvalue weighted by Crippen LogP contribution is -2.32. The van der Waals surface area contributed by atoms with Crippen LogP contribution in [0.3, 0.4) is 0 Å². The summed E-state index contributed by atoms with van der Waals surface area (Å²) in [5, 5.41) is 3.91. The van der Waals surface area contributed by atoms with E-state index in [1.807, 2.05) is 31.2 Å². The summed E-state index contributed by atoms with van der Waals surface area (Å²) in [5.74, 6) is -0.287. The molecule has 3 heteroatoms. The fraction of sp³-hybridized carbons (Fsp3) is 0.125. The largest absolute Gasteiger partial charge is 0.463 e. The van der Waals surface area contributed by atoms with Crippen LogP contribution in [0.1, 0.15) is 6.92 Å². The van der Waals surface area contributed by atoms with E-state index in [1.165, 1.54) is 15.9 Å². The van der Waals surface area contributed by atoms with E-state index in [2.05, 4.69) is 72.8 Å². The topological polar surface area (TPSA) is 26.3 Å². The number of hydrogen-bond donors (Lipinski definition) is 0. The molecule has 0 aliphatic heterocycles.